The van der Waals surface area contributed by atoms with Crippen LogP contribution in [0.4, 0.5) is 25.4 Å². The van der Waals surface area contributed by atoms with E-state index in [1.54, 1.807) is 18.2 Å². The van der Waals surface area contributed by atoms with E-state index in [0.29, 0.717) is 36.6 Å². The first-order chi connectivity index (χ1) is 13.9. The fourth-order valence-electron chi connectivity index (χ4n) is 3.51. The Morgan fingerprint density at radius 1 is 1.52 bits per heavy atom. The van der Waals surface area contributed by atoms with Crippen LogP contribution in [0.15, 0.2) is 29.8 Å². The van der Waals surface area contributed by atoms with Crippen LogP contribution in [0.1, 0.15) is 13.3 Å². The molecule has 154 valence electrons. The summed E-state index contributed by atoms with van der Waals surface area (Å²) in [6.45, 7) is 3.54. The number of primary amides is 1. The van der Waals surface area contributed by atoms with Gasteiger partial charge in [-0.15, -0.1) is 0 Å². The number of amides is 3. The number of nitrogens with one attached hydrogen (secondary N) is 1. The first kappa shape index (κ1) is 20.8. The summed E-state index contributed by atoms with van der Waals surface area (Å²) in [6.07, 6.45) is 1.30. The zero-order valence-corrected chi connectivity index (χ0v) is 16.7. The Balaban J connectivity index is 1.65. The fraction of sp³-hybridized carbons (Fsp3) is 0.421. The zero-order valence-electron chi connectivity index (χ0n) is 15.9. The molecule has 0 bridgehead atoms. The molecule has 0 aliphatic carbocycles. The number of halogens is 1. The number of cyclic esters (lactones) is 1. The van der Waals surface area contributed by atoms with Crippen molar-refractivity contribution >= 4 is 35.4 Å². The van der Waals surface area contributed by atoms with Gasteiger partial charge in [0.2, 0.25) is 0 Å². The predicted octanol–water partition coefficient (Wildman–Crippen LogP) is 2.76. The third-order valence-corrected chi connectivity index (χ3v) is 5.83. The largest absolute Gasteiger partial charge is 0.443 e. The van der Waals surface area contributed by atoms with Crippen LogP contribution in [-0.2, 0) is 4.74 Å². The van der Waals surface area contributed by atoms with E-state index in [1.807, 2.05) is 11.8 Å². The number of nitrogens with two attached hydrogens (primary N) is 1. The number of anilines is 2. The molecule has 0 saturated carbocycles. The number of nitriles is 1. The lowest BCUT2D eigenvalue weighted by Gasteiger charge is -2.34. The van der Waals surface area contributed by atoms with Gasteiger partial charge in [0, 0.05) is 19.2 Å². The third kappa shape index (κ3) is 4.92. The number of nitrogens with zero attached hydrogens (tertiary/aromatic N) is 3. The van der Waals surface area contributed by atoms with Crippen LogP contribution in [0.25, 0.3) is 0 Å². The Labute approximate surface area is 172 Å². The SMILES string of the molecule is CC1CN(c2ccc(N3CC(CSNC(N)=O)OC3=O)cc2F)CCC1=CC#N. The van der Waals surface area contributed by atoms with Crippen molar-refractivity contribution in [1.29, 1.82) is 5.26 Å². The molecule has 3 N–H and O–H groups in total. The van der Waals surface area contributed by atoms with Crippen LogP contribution in [0.2, 0.25) is 0 Å². The highest BCUT2D eigenvalue weighted by Crippen LogP contribution is 2.32. The monoisotopic (exact) mass is 419 g/mol. The second kappa shape index (κ2) is 9.05. The van der Waals surface area contributed by atoms with E-state index in [4.69, 9.17) is 15.7 Å². The highest BCUT2D eigenvalue weighted by atomic mass is 32.2. The van der Waals surface area contributed by atoms with E-state index < -0.39 is 24.0 Å². The van der Waals surface area contributed by atoms with Gasteiger partial charge in [0.15, 0.2) is 0 Å². The molecule has 8 nitrogen and oxygen atoms in total. The average Bonchev–Trinajstić information content (AvgIpc) is 3.04. The molecular formula is C19H22FN5O3S. The molecule has 0 radical (unpaired) electrons. The minimum Gasteiger partial charge on any atom is -0.443 e. The van der Waals surface area contributed by atoms with Crippen molar-refractivity contribution in [3.8, 4) is 6.07 Å². The van der Waals surface area contributed by atoms with Crippen molar-refractivity contribution in [3.63, 3.8) is 0 Å². The molecule has 2 saturated heterocycles. The molecule has 1 aromatic rings. The Kier molecular flexibility index (Phi) is 6.49. The van der Waals surface area contributed by atoms with Crippen LogP contribution in [0.5, 0.6) is 0 Å². The summed E-state index contributed by atoms with van der Waals surface area (Å²) in [5, 5.41) is 8.84. The number of urea groups is 1. The first-order valence-corrected chi connectivity index (χ1v) is 10.2. The van der Waals surface area contributed by atoms with Crippen molar-refractivity contribution in [2.24, 2.45) is 11.7 Å². The van der Waals surface area contributed by atoms with Gasteiger partial charge in [-0.3, -0.25) is 9.62 Å². The van der Waals surface area contributed by atoms with Gasteiger partial charge >= 0.3 is 12.1 Å². The second-order valence-corrected chi connectivity index (χ2v) is 7.80. The van der Waals surface area contributed by atoms with Gasteiger partial charge < -0.3 is 15.4 Å². The van der Waals surface area contributed by atoms with E-state index in [9.17, 15) is 14.0 Å². The number of rotatable bonds is 5. The molecule has 2 heterocycles. The Hall–Kier alpha value is -2.93. The molecule has 2 atom stereocenters. The minimum absolute atomic E-state index is 0.170. The first-order valence-electron chi connectivity index (χ1n) is 9.17. The van der Waals surface area contributed by atoms with Gasteiger partial charge in [-0.25, -0.2) is 14.0 Å². The van der Waals surface area contributed by atoms with Crippen LogP contribution in [-0.4, -0.2) is 43.6 Å². The Morgan fingerprint density at radius 2 is 2.31 bits per heavy atom. The maximum atomic E-state index is 14.8. The number of carbonyl (C=O) groups is 2. The highest BCUT2D eigenvalue weighted by Gasteiger charge is 2.33. The summed E-state index contributed by atoms with van der Waals surface area (Å²) in [5.41, 5.74) is 6.97. The van der Waals surface area contributed by atoms with Gasteiger partial charge in [0.25, 0.3) is 0 Å². The maximum Gasteiger partial charge on any atom is 0.414 e. The van der Waals surface area contributed by atoms with Gasteiger partial charge in [-0.05, 0) is 42.5 Å². The van der Waals surface area contributed by atoms with E-state index >= 15 is 0 Å². The molecule has 3 amide bonds. The van der Waals surface area contributed by atoms with Crippen LogP contribution in [0.3, 0.4) is 0 Å². The summed E-state index contributed by atoms with van der Waals surface area (Å²) in [5.74, 6) is 0.0995. The number of benzene rings is 1. The van der Waals surface area contributed by atoms with Gasteiger partial charge in [-0.1, -0.05) is 12.5 Å². The molecule has 2 unspecified atom stereocenters. The third-order valence-electron chi connectivity index (χ3n) is 4.95. The van der Waals surface area contributed by atoms with Crippen molar-refractivity contribution < 1.29 is 18.7 Å². The van der Waals surface area contributed by atoms with Crippen molar-refractivity contribution in [1.82, 2.24) is 4.72 Å². The smallest absolute Gasteiger partial charge is 0.414 e. The lowest BCUT2D eigenvalue weighted by Crippen LogP contribution is -2.36. The number of carbonyl (C=O) groups excluding carboxylic acids is 2. The molecule has 2 aliphatic rings. The molecular weight excluding hydrogens is 397 g/mol. The molecule has 1 aromatic carbocycles. The van der Waals surface area contributed by atoms with E-state index in [-0.39, 0.29) is 12.5 Å². The number of piperidine rings is 1. The molecule has 29 heavy (non-hydrogen) atoms. The summed E-state index contributed by atoms with van der Waals surface area (Å²) >= 11 is 1.05. The summed E-state index contributed by atoms with van der Waals surface area (Å²) in [6, 6.07) is 6.09. The zero-order chi connectivity index (χ0) is 21.0. The summed E-state index contributed by atoms with van der Waals surface area (Å²) in [4.78, 5) is 26.2. The standard InChI is InChI=1S/C19H22FN5O3S/c1-12-9-24(7-5-13(12)4-6-21)17-3-2-14(8-16(17)20)25-10-15(28-19(25)27)11-29-23-18(22)26/h2-4,8,12,15H,5,7,9-11H2,1H3,(H3,22,23,26). The minimum atomic E-state index is -0.670. The van der Waals surface area contributed by atoms with Crippen LogP contribution >= 0.6 is 11.9 Å². The normalized spacial score (nSPS) is 23.1. The molecule has 0 spiro atoms. The number of allylic oxidation sites excluding steroid dienone is 1. The Morgan fingerprint density at radius 3 is 2.97 bits per heavy atom. The van der Waals surface area contributed by atoms with E-state index in [1.165, 1.54) is 11.0 Å². The van der Waals surface area contributed by atoms with Crippen molar-refractivity contribution in [2.45, 2.75) is 19.4 Å². The van der Waals surface area contributed by atoms with Crippen molar-refractivity contribution in [2.75, 3.05) is 35.2 Å². The topological polar surface area (TPSA) is 112 Å². The van der Waals surface area contributed by atoms with Crippen LogP contribution < -0.4 is 20.3 Å². The second-order valence-electron chi connectivity index (χ2n) is 6.97. The van der Waals surface area contributed by atoms with E-state index in [2.05, 4.69) is 10.8 Å². The van der Waals surface area contributed by atoms with Gasteiger partial charge in [0.05, 0.1) is 29.7 Å². The lowest BCUT2D eigenvalue weighted by atomic mass is 9.92. The van der Waals surface area contributed by atoms with E-state index in [0.717, 1.165) is 17.5 Å². The number of hydrogen-bond acceptors (Lipinski definition) is 6. The van der Waals surface area contributed by atoms with Gasteiger partial charge in [0.1, 0.15) is 11.9 Å². The maximum absolute atomic E-state index is 14.8. The summed E-state index contributed by atoms with van der Waals surface area (Å²) < 4.78 is 22.4. The Bertz CT molecular complexity index is 872. The molecule has 10 heteroatoms. The fourth-order valence-corrected chi connectivity index (χ4v) is 4.10. The summed E-state index contributed by atoms with van der Waals surface area (Å²) in [7, 11) is 0. The van der Waals surface area contributed by atoms with Gasteiger partial charge in [-0.2, -0.15) is 5.26 Å². The lowest BCUT2D eigenvalue weighted by molar-refractivity contribution is 0.151. The number of hydrogen-bond donors (Lipinski definition) is 2. The predicted molar refractivity (Wildman–Crippen MR) is 109 cm³/mol. The molecule has 2 fully saturated rings. The molecule has 3 rings (SSSR count). The molecule has 2 aliphatic heterocycles. The average molecular weight is 419 g/mol. The van der Waals surface area contributed by atoms with Crippen molar-refractivity contribution in [3.05, 3.63) is 35.7 Å². The number of ether oxygens (including phenoxy) is 1. The molecule has 0 aromatic heterocycles. The highest BCUT2D eigenvalue weighted by molar-refractivity contribution is 7.97. The van der Waals surface area contributed by atoms with Crippen LogP contribution in [0, 0.1) is 23.1 Å². The quantitative estimate of drug-likeness (QED) is 0.561.